The minimum absolute atomic E-state index is 0.385. The Balaban J connectivity index is 2.01. The van der Waals surface area contributed by atoms with Crippen molar-refractivity contribution in [3.63, 3.8) is 0 Å². The summed E-state index contributed by atoms with van der Waals surface area (Å²) in [5, 5.41) is 4.90. The number of nitrogens with one attached hydrogen (secondary N) is 2. The van der Waals surface area contributed by atoms with Crippen molar-refractivity contribution < 1.29 is 18.7 Å². The van der Waals surface area contributed by atoms with E-state index in [2.05, 4.69) is 10.6 Å². The smallest absolute Gasteiger partial charge is 0.314 e. The van der Waals surface area contributed by atoms with Crippen molar-refractivity contribution in [2.75, 3.05) is 17.7 Å². The quantitative estimate of drug-likeness (QED) is 0.857. The number of anilines is 2. The zero-order valence-electron chi connectivity index (χ0n) is 12.1. The van der Waals surface area contributed by atoms with Crippen molar-refractivity contribution in [1.29, 1.82) is 0 Å². The summed E-state index contributed by atoms with van der Waals surface area (Å²) < 4.78 is 18.0. The zero-order valence-corrected chi connectivity index (χ0v) is 12.1. The average Bonchev–Trinajstić information content (AvgIpc) is 2.50. The van der Waals surface area contributed by atoms with E-state index in [1.165, 1.54) is 25.3 Å². The van der Waals surface area contributed by atoms with Crippen LogP contribution < -0.4 is 15.4 Å². The first-order valence-electron chi connectivity index (χ1n) is 6.52. The minimum atomic E-state index is -0.828. The fourth-order valence-corrected chi connectivity index (χ4v) is 1.81. The Hall–Kier alpha value is -2.89. The molecule has 0 heterocycles. The number of methoxy groups -OCH3 is 1. The molecule has 0 saturated heterocycles. The predicted octanol–water partition coefficient (Wildman–Crippen LogP) is 2.72. The number of carbonyl (C=O) groups excluding carboxylic acids is 2. The van der Waals surface area contributed by atoms with E-state index in [-0.39, 0.29) is 0 Å². The molecular formula is C16H15FN2O3. The molecule has 0 fully saturated rings. The first-order valence-corrected chi connectivity index (χ1v) is 6.52. The van der Waals surface area contributed by atoms with Gasteiger partial charge in [0, 0.05) is 11.4 Å². The SMILES string of the molecule is COc1ccc(NC(=O)C(=O)Nc2ccc(F)cc2C)cc1. The van der Waals surface area contributed by atoms with Crippen molar-refractivity contribution in [3.8, 4) is 5.75 Å². The van der Waals surface area contributed by atoms with Gasteiger partial charge in [-0.15, -0.1) is 0 Å². The van der Waals surface area contributed by atoms with Gasteiger partial charge in [-0.1, -0.05) is 0 Å². The molecule has 0 atom stereocenters. The van der Waals surface area contributed by atoms with E-state index in [0.29, 0.717) is 22.7 Å². The molecule has 2 aromatic rings. The lowest BCUT2D eigenvalue weighted by atomic mass is 10.2. The molecule has 22 heavy (non-hydrogen) atoms. The van der Waals surface area contributed by atoms with Crippen LogP contribution in [0.15, 0.2) is 42.5 Å². The molecule has 0 unspecified atom stereocenters. The lowest BCUT2D eigenvalue weighted by molar-refractivity contribution is -0.133. The van der Waals surface area contributed by atoms with Gasteiger partial charge in [-0.3, -0.25) is 9.59 Å². The number of hydrogen-bond donors (Lipinski definition) is 2. The third-order valence-electron chi connectivity index (χ3n) is 2.99. The minimum Gasteiger partial charge on any atom is -0.497 e. The van der Waals surface area contributed by atoms with E-state index in [1.54, 1.807) is 31.2 Å². The largest absolute Gasteiger partial charge is 0.497 e. The molecule has 0 spiro atoms. The second-order valence-electron chi connectivity index (χ2n) is 4.60. The van der Waals surface area contributed by atoms with Crippen LogP contribution in [0.5, 0.6) is 5.75 Å². The van der Waals surface area contributed by atoms with Crippen molar-refractivity contribution >= 4 is 23.2 Å². The van der Waals surface area contributed by atoms with E-state index < -0.39 is 17.6 Å². The summed E-state index contributed by atoms with van der Waals surface area (Å²) in [6.07, 6.45) is 0. The molecule has 0 saturated carbocycles. The molecule has 0 radical (unpaired) electrons. The Morgan fingerprint density at radius 3 is 2.23 bits per heavy atom. The standard InChI is InChI=1S/C16H15FN2O3/c1-10-9-11(17)3-8-14(10)19-16(21)15(20)18-12-4-6-13(22-2)7-5-12/h3-9H,1-2H3,(H,18,20)(H,19,21). The molecule has 6 heteroatoms. The summed E-state index contributed by atoms with van der Waals surface area (Å²) in [5.41, 5.74) is 1.39. The maximum atomic E-state index is 13.0. The first kappa shape index (κ1) is 15.5. The van der Waals surface area contributed by atoms with Gasteiger partial charge in [0.05, 0.1) is 7.11 Å². The maximum absolute atomic E-state index is 13.0. The molecule has 0 aromatic heterocycles. The van der Waals surface area contributed by atoms with Crippen molar-refractivity contribution in [1.82, 2.24) is 0 Å². The van der Waals surface area contributed by atoms with Gasteiger partial charge in [0.1, 0.15) is 11.6 Å². The molecule has 114 valence electrons. The molecule has 2 amide bonds. The topological polar surface area (TPSA) is 67.4 Å². The van der Waals surface area contributed by atoms with Crippen LogP contribution >= 0.6 is 0 Å². The van der Waals surface area contributed by atoms with E-state index in [9.17, 15) is 14.0 Å². The normalized spacial score (nSPS) is 9.95. The summed E-state index contributed by atoms with van der Waals surface area (Å²) in [4.78, 5) is 23.7. The number of hydrogen-bond acceptors (Lipinski definition) is 3. The van der Waals surface area contributed by atoms with Gasteiger partial charge >= 0.3 is 11.8 Å². The van der Waals surface area contributed by atoms with Gasteiger partial charge in [0.25, 0.3) is 0 Å². The Labute approximate surface area is 127 Å². The fraction of sp³-hybridized carbons (Fsp3) is 0.125. The van der Waals surface area contributed by atoms with Gasteiger partial charge in [-0.2, -0.15) is 0 Å². The molecule has 0 aliphatic rings. The van der Waals surface area contributed by atoms with Crippen LogP contribution in [-0.2, 0) is 9.59 Å². The molecule has 0 bridgehead atoms. The lowest BCUT2D eigenvalue weighted by Gasteiger charge is -2.09. The van der Waals surface area contributed by atoms with Crippen LogP contribution in [0, 0.1) is 12.7 Å². The summed E-state index contributed by atoms with van der Waals surface area (Å²) in [7, 11) is 1.53. The van der Waals surface area contributed by atoms with Crippen LogP contribution in [0.3, 0.4) is 0 Å². The second kappa shape index (κ2) is 6.71. The highest BCUT2D eigenvalue weighted by molar-refractivity contribution is 6.43. The van der Waals surface area contributed by atoms with Crippen LogP contribution in [0.25, 0.3) is 0 Å². The molecule has 2 N–H and O–H groups in total. The number of halogens is 1. The van der Waals surface area contributed by atoms with Gasteiger partial charge in [-0.25, -0.2) is 4.39 Å². The average molecular weight is 302 g/mol. The molecule has 2 rings (SSSR count). The molecular weight excluding hydrogens is 287 g/mol. The molecule has 0 aliphatic heterocycles. The summed E-state index contributed by atoms with van der Waals surface area (Å²) >= 11 is 0. The predicted molar refractivity (Wildman–Crippen MR) is 81.4 cm³/mol. The zero-order chi connectivity index (χ0) is 16.1. The highest BCUT2D eigenvalue weighted by Gasteiger charge is 2.15. The molecule has 5 nitrogen and oxygen atoms in total. The van der Waals surface area contributed by atoms with Crippen LogP contribution in [0.4, 0.5) is 15.8 Å². The third-order valence-corrected chi connectivity index (χ3v) is 2.99. The summed E-state index contributed by atoms with van der Waals surface area (Å²) in [5.74, 6) is -1.40. The van der Waals surface area contributed by atoms with Crippen LogP contribution in [-0.4, -0.2) is 18.9 Å². The van der Waals surface area contributed by atoms with Crippen LogP contribution in [0.2, 0.25) is 0 Å². The highest BCUT2D eigenvalue weighted by atomic mass is 19.1. The number of ether oxygens (including phenoxy) is 1. The van der Waals surface area contributed by atoms with Gasteiger partial charge in [-0.05, 0) is 55.0 Å². The number of carbonyl (C=O) groups is 2. The Morgan fingerprint density at radius 1 is 1.00 bits per heavy atom. The van der Waals surface area contributed by atoms with Gasteiger partial charge in [0.2, 0.25) is 0 Å². The number of benzene rings is 2. The lowest BCUT2D eigenvalue weighted by Crippen LogP contribution is -2.29. The van der Waals surface area contributed by atoms with E-state index in [4.69, 9.17) is 4.74 Å². The highest BCUT2D eigenvalue weighted by Crippen LogP contribution is 2.17. The van der Waals surface area contributed by atoms with Crippen molar-refractivity contribution in [2.45, 2.75) is 6.92 Å². The van der Waals surface area contributed by atoms with Crippen molar-refractivity contribution in [2.24, 2.45) is 0 Å². The Morgan fingerprint density at radius 2 is 1.64 bits per heavy atom. The summed E-state index contributed by atoms with van der Waals surface area (Å²) in [6, 6.07) is 10.5. The Kier molecular flexibility index (Phi) is 4.73. The molecule has 0 aliphatic carbocycles. The van der Waals surface area contributed by atoms with E-state index in [0.717, 1.165) is 0 Å². The monoisotopic (exact) mass is 302 g/mol. The van der Waals surface area contributed by atoms with Crippen molar-refractivity contribution in [3.05, 3.63) is 53.8 Å². The van der Waals surface area contributed by atoms with Crippen LogP contribution in [0.1, 0.15) is 5.56 Å². The Bertz CT molecular complexity index is 699. The number of aryl methyl sites for hydroxylation is 1. The first-order chi connectivity index (χ1) is 10.5. The third kappa shape index (κ3) is 3.82. The number of rotatable bonds is 3. The molecule has 2 aromatic carbocycles. The van der Waals surface area contributed by atoms with Gasteiger partial charge < -0.3 is 15.4 Å². The van der Waals surface area contributed by atoms with E-state index >= 15 is 0 Å². The maximum Gasteiger partial charge on any atom is 0.314 e. The van der Waals surface area contributed by atoms with E-state index in [1.807, 2.05) is 0 Å². The number of amides is 2. The fourth-order valence-electron chi connectivity index (χ4n) is 1.81. The summed E-state index contributed by atoms with van der Waals surface area (Å²) in [6.45, 7) is 1.64. The second-order valence-corrected chi connectivity index (χ2v) is 4.60. The van der Waals surface area contributed by atoms with Gasteiger partial charge in [0.15, 0.2) is 0 Å².